The number of rotatable bonds is 4. The Kier molecular flexibility index (Phi) is 4.59. The second-order valence-corrected chi connectivity index (χ2v) is 4.94. The fourth-order valence-corrected chi connectivity index (χ4v) is 2.20. The first-order valence-electron chi connectivity index (χ1n) is 6.26. The minimum Gasteiger partial charge on any atom is -0.380 e. The van der Waals surface area contributed by atoms with Crippen LogP contribution in [0.15, 0.2) is 33.9 Å². The summed E-state index contributed by atoms with van der Waals surface area (Å²) in [6.07, 6.45) is -0.349. The predicted octanol–water partition coefficient (Wildman–Crippen LogP) is 2.03. The molecule has 1 aromatic carbocycles. The second kappa shape index (κ2) is 6.24. The first-order chi connectivity index (χ1) is 9.95. The lowest BCUT2D eigenvalue weighted by molar-refractivity contribution is 0.101. The molecule has 1 aromatic heterocycles. The van der Waals surface area contributed by atoms with Gasteiger partial charge in [-0.3, -0.25) is 14.3 Å². The van der Waals surface area contributed by atoms with Gasteiger partial charge in [0.1, 0.15) is 11.0 Å². The van der Waals surface area contributed by atoms with Crippen molar-refractivity contribution in [2.75, 3.05) is 7.11 Å². The van der Waals surface area contributed by atoms with Gasteiger partial charge in [-0.2, -0.15) is 0 Å². The highest BCUT2D eigenvalue weighted by Crippen LogP contribution is 2.24. The molecule has 0 radical (unpaired) electrons. The summed E-state index contributed by atoms with van der Waals surface area (Å²) in [5.41, 5.74) is -1.34. The summed E-state index contributed by atoms with van der Waals surface area (Å²) in [5.74, 6) is -0.588. The predicted molar refractivity (Wildman–Crippen MR) is 78.2 cm³/mol. The normalized spacial score (nSPS) is 12.4. The molecule has 112 valence electrons. The van der Waals surface area contributed by atoms with Crippen molar-refractivity contribution in [2.24, 2.45) is 0 Å². The molecule has 21 heavy (non-hydrogen) atoms. The van der Waals surface area contributed by atoms with Gasteiger partial charge < -0.3 is 4.74 Å². The lowest BCUT2D eigenvalue weighted by Crippen LogP contribution is -2.39. The molecule has 0 saturated heterocycles. The van der Waals surface area contributed by atoms with Gasteiger partial charge in [-0.25, -0.2) is 9.18 Å². The Bertz CT molecular complexity index is 770. The summed E-state index contributed by atoms with van der Waals surface area (Å²) in [7, 11) is 1.47. The summed E-state index contributed by atoms with van der Waals surface area (Å²) in [4.78, 5) is 26.7. The van der Waals surface area contributed by atoms with Gasteiger partial charge in [0, 0.05) is 12.7 Å². The Labute approximate surface area is 125 Å². The Morgan fingerprint density at radius 3 is 2.67 bits per heavy atom. The lowest BCUT2D eigenvalue weighted by Gasteiger charge is -2.13. The van der Waals surface area contributed by atoms with Crippen molar-refractivity contribution in [3.63, 3.8) is 0 Å². The van der Waals surface area contributed by atoms with Crippen molar-refractivity contribution >= 4 is 11.6 Å². The van der Waals surface area contributed by atoms with Gasteiger partial charge in [0.2, 0.25) is 0 Å². The number of nitrogens with one attached hydrogen (secondary N) is 1. The van der Waals surface area contributed by atoms with E-state index in [0.29, 0.717) is 0 Å². The standard InChI is InChI=1S/C14H14ClFN2O3/c1-8(21-2)7-18-13(19)11(12(15)17-14(18)20)9-5-3-4-6-10(9)16/h3-6,8H,7H2,1-2H3,(H,17,20). The van der Waals surface area contributed by atoms with Gasteiger partial charge >= 0.3 is 5.69 Å². The Morgan fingerprint density at radius 2 is 2.05 bits per heavy atom. The average Bonchev–Trinajstić information content (AvgIpc) is 2.45. The third kappa shape index (κ3) is 3.06. The molecule has 1 N–H and O–H groups in total. The molecule has 1 atom stereocenters. The molecule has 1 heterocycles. The van der Waals surface area contributed by atoms with Crippen LogP contribution in [-0.4, -0.2) is 22.8 Å². The average molecular weight is 313 g/mol. The van der Waals surface area contributed by atoms with E-state index < -0.39 is 17.1 Å². The Balaban J connectivity index is 2.68. The molecule has 2 rings (SSSR count). The molecule has 0 fully saturated rings. The van der Waals surface area contributed by atoms with E-state index in [0.717, 1.165) is 4.57 Å². The van der Waals surface area contributed by atoms with Crippen LogP contribution in [0.25, 0.3) is 11.1 Å². The maximum Gasteiger partial charge on any atom is 0.329 e. The van der Waals surface area contributed by atoms with Gasteiger partial charge in [0.15, 0.2) is 0 Å². The fraction of sp³-hybridized carbons (Fsp3) is 0.286. The van der Waals surface area contributed by atoms with Crippen molar-refractivity contribution in [3.05, 3.63) is 56.1 Å². The fourth-order valence-electron chi connectivity index (χ4n) is 1.94. The quantitative estimate of drug-likeness (QED) is 0.879. The molecule has 0 spiro atoms. The molecule has 7 heteroatoms. The zero-order valence-electron chi connectivity index (χ0n) is 11.5. The van der Waals surface area contributed by atoms with E-state index in [2.05, 4.69) is 4.98 Å². The van der Waals surface area contributed by atoms with E-state index in [9.17, 15) is 14.0 Å². The maximum atomic E-state index is 13.9. The number of halogens is 2. The van der Waals surface area contributed by atoms with Gasteiger partial charge in [0.05, 0.1) is 18.2 Å². The molecule has 2 aromatic rings. The smallest absolute Gasteiger partial charge is 0.329 e. The summed E-state index contributed by atoms with van der Waals surface area (Å²) < 4.78 is 19.9. The highest BCUT2D eigenvalue weighted by atomic mass is 35.5. The molecule has 0 amide bonds. The van der Waals surface area contributed by atoms with Crippen LogP contribution in [0.2, 0.25) is 5.15 Å². The molecule has 0 aliphatic carbocycles. The molecule has 0 bridgehead atoms. The number of aromatic nitrogens is 2. The summed E-state index contributed by atoms with van der Waals surface area (Å²) >= 11 is 5.92. The number of H-pyrrole nitrogens is 1. The minimum atomic E-state index is -0.658. The first kappa shape index (κ1) is 15.5. The monoisotopic (exact) mass is 312 g/mol. The van der Waals surface area contributed by atoms with Crippen LogP contribution in [0.3, 0.4) is 0 Å². The van der Waals surface area contributed by atoms with Crippen LogP contribution in [0.5, 0.6) is 0 Å². The van der Waals surface area contributed by atoms with Gasteiger partial charge in [-0.15, -0.1) is 0 Å². The van der Waals surface area contributed by atoms with Gasteiger partial charge in [0.25, 0.3) is 5.56 Å². The molecule has 0 aliphatic heterocycles. The molecule has 0 aliphatic rings. The third-order valence-electron chi connectivity index (χ3n) is 3.13. The van der Waals surface area contributed by atoms with E-state index in [1.165, 1.54) is 25.3 Å². The third-order valence-corrected chi connectivity index (χ3v) is 3.41. The summed E-state index contributed by atoms with van der Waals surface area (Å²) in [6.45, 7) is 1.76. The SMILES string of the molecule is COC(C)Cn1c(=O)[nH]c(Cl)c(-c2ccccc2F)c1=O. The number of hydrogen-bond acceptors (Lipinski definition) is 3. The largest absolute Gasteiger partial charge is 0.380 e. The Morgan fingerprint density at radius 1 is 1.38 bits per heavy atom. The Hall–Kier alpha value is -1.92. The molecule has 5 nitrogen and oxygen atoms in total. The van der Waals surface area contributed by atoms with Crippen molar-refractivity contribution in [2.45, 2.75) is 19.6 Å². The van der Waals surface area contributed by atoms with Gasteiger partial charge in [-0.1, -0.05) is 29.8 Å². The van der Waals surface area contributed by atoms with Crippen molar-refractivity contribution < 1.29 is 9.13 Å². The number of benzene rings is 1. The highest BCUT2D eigenvalue weighted by molar-refractivity contribution is 6.32. The van der Waals surface area contributed by atoms with Crippen molar-refractivity contribution in [3.8, 4) is 11.1 Å². The lowest BCUT2D eigenvalue weighted by atomic mass is 10.1. The van der Waals surface area contributed by atoms with Crippen molar-refractivity contribution in [1.82, 2.24) is 9.55 Å². The summed E-state index contributed by atoms with van der Waals surface area (Å²) in [6, 6.07) is 5.74. The van der Waals surface area contributed by atoms with Crippen LogP contribution in [0.4, 0.5) is 4.39 Å². The molecular formula is C14H14ClFN2O3. The number of nitrogens with zero attached hydrogens (tertiary/aromatic N) is 1. The van der Waals surface area contributed by atoms with Gasteiger partial charge in [-0.05, 0) is 13.0 Å². The van der Waals surface area contributed by atoms with Crippen LogP contribution < -0.4 is 11.2 Å². The van der Waals surface area contributed by atoms with E-state index in [1.54, 1.807) is 13.0 Å². The van der Waals surface area contributed by atoms with Crippen LogP contribution >= 0.6 is 11.6 Å². The molecule has 1 unspecified atom stereocenters. The van der Waals surface area contributed by atoms with E-state index in [4.69, 9.17) is 16.3 Å². The van der Waals surface area contributed by atoms with Crippen LogP contribution in [-0.2, 0) is 11.3 Å². The highest BCUT2D eigenvalue weighted by Gasteiger charge is 2.18. The van der Waals surface area contributed by atoms with E-state index in [1.807, 2.05) is 0 Å². The zero-order valence-corrected chi connectivity index (χ0v) is 12.3. The number of methoxy groups -OCH3 is 1. The topological polar surface area (TPSA) is 64.1 Å². The second-order valence-electron chi connectivity index (χ2n) is 4.56. The van der Waals surface area contributed by atoms with E-state index >= 15 is 0 Å². The zero-order chi connectivity index (χ0) is 15.6. The van der Waals surface area contributed by atoms with Crippen LogP contribution in [0, 0.1) is 5.82 Å². The number of ether oxygens (including phenoxy) is 1. The molecular weight excluding hydrogens is 299 g/mol. The minimum absolute atomic E-state index is 0.0440. The van der Waals surface area contributed by atoms with E-state index in [-0.39, 0.29) is 28.9 Å². The van der Waals surface area contributed by atoms with Crippen molar-refractivity contribution in [1.29, 1.82) is 0 Å². The number of aromatic amines is 1. The summed E-state index contributed by atoms with van der Waals surface area (Å²) in [5, 5.41) is -0.184. The maximum absolute atomic E-state index is 13.9. The molecule has 0 saturated carbocycles. The van der Waals surface area contributed by atoms with Crippen LogP contribution in [0.1, 0.15) is 6.92 Å². The number of hydrogen-bond donors (Lipinski definition) is 1. The first-order valence-corrected chi connectivity index (χ1v) is 6.63.